The summed E-state index contributed by atoms with van der Waals surface area (Å²) in [5.74, 6) is 0.910. The van der Waals surface area contributed by atoms with Crippen molar-refractivity contribution in [3.63, 3.8) is 0 Å². The molecule has 2 aromatic heterocycles. The first-order chi connectivity index (χ1) is 16.0. The number of amides is 2. The number of hydrogen-bond donors (Lipinski definition) is 1. The number of ether oxygens (including phenoxy) is 1. The van der Waals surface area contributed by atoms with Crippen LogP contribution in [0.4, 0.5) is 0 Å². The summed E-state index contributed by atoms with van der Waals surface area (Å²) < 4.78 is 5.50. The van der Waals surface area contributed by atoms with E-state index in [1.54, 1.807) is 11.3 Å². The van der Waals surface area contributed by atoms with Gasteiger partial charge >= 0.3 is 0 Å². The van der Waals surface area contributed by atoms with Crippen LogP contribution in [0.1, 0.15) is 40.0 Å². The van der Waals surface area contributed by atoms with Crippen molar-refractivity contribution in [2.45, 2.75) is 33.1 Å². The molecule has 1 saturated heterocycles. The molecule has 1 aromatic carbocycles. The van der Waals surface area contributed by atoms with Crippen LogP contribution in [0, 0.1) is 12.8 Å². The van der Waals surface area contributed by atoms with E-state index in [4.69, 9.17) is 4.74 Å². The van der Waals surface area contributed by atoms with E-state index >= 15 is 0 Å². The van der Waals surface area contributed by atoms with Crippen LogP contribution in [0.2, 0.25) is 0 Å². The Balaban J connectivity index is 1.30. The number of hydrogen-bond acceptors (Lipinski definition) is 6. The van der Waals surface area contributed by atoms with Crippen LogP contribution >= 0.6 is 22.7 Å². The summed E-state index contributed by atoms with van der Waals surface area (Å²) in [5.41, 5.74) is 1.73. The third-order valence-electron chi connectivity index (χ3n) is 5.81. The first-order valence-electron chi connectivity index (χ1n) is 11.3. The lowest BCUT2D eigenvalue weighted by Gasteiger charge is -2.31. The fourth-order valence-corrected chi connectivity index (χ4v) is 5.72. The fourth-order valence-electron chi connectivity index (χ4n) is 3.98. The van der Waals surface area contributed by atoms with E-state index in [0.29, 0.717) is 44.0 Å². The largest absolute Gasteiger partial charge is 0.494 e. The maximum Gasteiger partial charge on any atom is 0.265 e. The Labute approximate surface area is 202 Å². The highest BCUT2D eigenvalue weighted by molar-refractivity contribution is 7.17. The van der Waals surface area contributed by atoms with Crippen molar-refractivity contribution in [2.24, 2.45) is 5.92 Å². The Bertz CT molecular complexity index is 1070. The molecule has 4 rings (SSSR count). The molecule has 0 bridgehead atoms. The maximum atomic E-state index is 13.2. The van der Waals surface area contributed by atoms with Crippen molar-refractivity contribution in [1.29, 1.82) is 0 Å². The summed E-state index contributed by atoms with van der Waals surface area (Å²) in [6.07, 6.45) is 2.25. The minimum atomic E-state index is -0.0284. The molecule has 3 heterocycles. The van der Waals surface area contributed by atoms with Gasteiger partial charge in [0.15, 0.2) is 0 Å². The number of benzene rings is 1. The summed E-state index contributed by atoms with van der Waals surface area (Å²) in [7, 11) is 0. The highest BCUT2D eigenvalue weighted by Crippen LogP contribution is 2.31. The van der Waals surface area contributed by atoms with Crippen LogP contribution in [0.25, 0.3) is 10.6 Å². The van der Waals surface area contributed by atoms with E-state index in [2.05, 4.69) is 21.7 Å². The molecule has 0 spiro atoms. The second kappa shape index (κ2) is 10.9. The van der Waals surface area contributed by atoms with Gasteiger partial charge in [0.2, 0.25) is 5.91 Å². The highest BCUT2D eigenvalue weighted by Gasteiger charge is 2.29. The molecule has 1 aliphatic heterocycles. The Morgan fingerprint density at radius 3 is 2.61 bits per heavy atom. The second-order valence-corrected chi connectivity index (χ2v) is 10.1. The van der Waals surface area contributed by atoms with Gasteiger partial charge in [-0.2, -0.15) is 0 Å². The lowest BCUT2D eigenvalue weighted by molar-refractivity contribution is -0.126. The van der Waals surface area contributed by atoms with Gasteiger partial charge in [0.05, 0.1) is 12.3 Å². The summed E-state index contributed by atoms with van der Waals surface area (Å²) in [6, 6.07) is 11.9. The number of nitrogens with zero attached hydrogens (tertiary/aromatic N) is 2. The van der Waals surface area contributed by atoms with Gasteiger partial charge in [-0.05, 0) is 68.8 Å². The predicted molar refractivity (Wildman–Crippen MR) is 133 cm³/mol. The Hall–Kier alpha value is -2.71. The molecule has 6 nitrogen and oxygen atoms in total. The molecule has 1 N–H and O–H groups in total. The molecule has 8 heteroatoms. The summed E-state index contributed by atoms with van der Waals surface area (Å²) >= 11 is 3.14. The molecular formula is C25H29N3O3S2. The minimum Gasteiger partial charge on any atom is -0.494 e. The average molecular weight is 484 g/mol. The number of carbonyl (C=O) groups excluding carboxylic acids is 2. The van der Waals surface area contributed by atoms with Crippen molar-refractivity contribution < 1.29 is 14.3 Å². The lowest BCUT2D eigenvalue weighted by Crippen LogP contribution is -2.43. The molecule has 0 aliphatic carbocycles. The van der Waals surface area contributed by atoms with Crippen LogP contribution in [-0.2, 0) is 11.2 Å². The number of carbonyl (C=O) groups is 2. The summed E-state index contributed by atoms with van der Waals surface area (Å²) in [4.78, 5) is 34.1. The topological polar surface area (TPSA) is 71.5 Å². The van der Waals surface area contributed by atoms with E-state index in [-0.39, 0.29) is 17.7 Å². The Kier molecular flexibility index (Phi) is 7.77. The van der Waals surface area contributed by atoms with Crippen molar-refractivity contribution in [1.82, 2.24) is 15.2 Å². The van der Waals surface area contributed by atoms with Gasteiger partial charge in [-0.1, -0.05) is 6.07 Å². The standard InChI is InChI=1S/C25H29N3O3S2/c1-3-31-20-8-6-19(7-9-20)24-27-17(2)22(33-24)25(30)28-14-11-18(12-15-28)23(29)26-13-10-21-5-4-16-32-21/h4-9,16,18H,3,10-15H2,1-2H3,(H,26,29). The van der Waals surface area contributed by atoms with Gasteiger partial charge in [0, 0.05) is 36.0 Å². The van der Waals surface area contributed by atoms with Crippen LogP contribution in [-0.4, -0.2) is 47.9 Å². The molecule has 33 heavy (non-hydrogen) atoms. The van der Waals surface area contributed by atoms with Crippen molar-refractivity contribution in [2.75, 3.05) is 26.2 Å². The number of thiazole rings is 1. The molecule has 0 atom stereocenters. The molecule has 3 aromatic rings. The first-order valence-corrected chi connectivity index (χ1v) is 13.0. The number of nitrogens with one attached hydrogen (secondary N) is 1. The zero-order valence-corrected chi connectivity index (χ0v) is 20.6. The quantitative estimate of drug-likeness (QED) is 0.500. The molecule has 1 fully saturated rings. The summed E-state index contributed by atoms with van der Waals surface area (Å²) in [6.45, 7) is 6.32. The Morgan fingerprint density at radius 1 is 1.18 bits per heavy atom. The zero-order valence-electron chi connectivity index (χ0n) is 19.0. The predicted octanol–water partition coefficient (Wildman–Crippen LogP) is 4.79. The van der Waals surface area contributed by atoms with E-state index in [0.717, 1.165) is 28.4 Å². The summed E-state index contributed by atoms with van der Waals surface area (Å²) in [5, 5.41) is 5.94. The molecule has 1 aliphatic rings. The van der Waals surface area contributed by atoms with Crippen molar-refractivity contribution >= 4 is 34.5 Å². The van der Waals surface area contributed by atoms with Crippen molar-refractivity contribution in [3.05, 3.63) is 57.2 Å². The molecule has 0 radical (unpaired) electrons. The molecule has 2 amide bonds. The van der Waals surface area contributed by atoms with E-state index in [1.165, 1.54) is 16.2 Å². The monoisotopic (exact) mass is 483 g/mol. The third-order valence-corrected chi connectivity index (χ3v) is 7.94. The van der Waals surface area contributed by atoms with Crippen molar-refractivity contribution in [3.8, 4) is 16.3 Å². The smallest absolute Gasteiger partial charge is 0.265 e. The molecular weight excluding hydrogens is 454 g/mol. The number of thiophene rings is 1. The van der Waals surface area contributed by atoms with Gasteiger partial charge in [-0.25, -0.2) is 4.98 Å². The zero-order chi connectivity index (χ0) is 23.2. The van der Waals surface area contributed by atoms with Gasteiger partial charge in [-0.3, -0.25) is 9.59 Å². The van der Waals surface area contributed by atoms with Crippen LogP contribution < -0.4 is 10.1 Å². The number of likely N-dealkylation sites (tertiary alicyclic amines) is 1. The van der Waals surface area contributed by atoms with Gasteiger partial charge < -0.3 is 15.0 Å². The SMILES string of the molecule is CCOc1ccc(-c2nc(C)c(C(=O)N3CCC(C(=O)NCCc4cccs4)CC3)s2)cc1. The third kappa shape index (κ3) is 5.81. The molecule has 174 valence electrons. The first kappa shape index (κ1) is 23.4. The number of aryl methyl sites for hydroxylation is 1. The number of aromatic nitrogens is 1. The maximum absolute atomic E-state index is 13.2. The number of rotatable bonds is 8. The lowest BCUT2D eigenvalue weighted by atomic mass is 9.95. The molecule has 0 saturated carbocycles. The Morgan fingerprint density at radius 2 is 1.94 bits per heavy atom. The highest BCUT2D eigenvalue weighted by atomic mass is 32.1. The average Bonchev–Trinajstić information content (AvgIpc) is 3.49. The molecule has 0 unspecified atom stereocenters. The van der Waals surface area contributed by atoms with E-state index in [9.17, 15) is 9.59 Å². The minimum absolute atomic E-state index is 0.0127. The van der Waals surface area contributed by atoms with Crippen LogP contribution in [0.3, 0.4) is 0 Å². The van der Waals surface area contributed by atoms with Gasteiger partial charge in [0.1, 0.15) is 15.6 Å². The van der Waals surface area contributed by atoms with E-state index in [1.807, 2.05) is 49.1 Å². The van der Waals surface area contributed by atoms with Crippen LogP contribution in [0.5, 0.6) is 5.75 Å². The normalized spacial score (nSPS) is 14.3. The number of piperidine rings is 1. The van der Waals surface area contributed by atoms with Gasteiger partial charge in [-0.15, -0.1) is 22.7 Å². The van der Waals surface area contributed by atoms with Crippen LogP contribution in [0.15, 0.2) is 41.8 Å². The van der Waals surface area contributed by atoms with Gasteiger partial charge in [0.25, 0.3) is 5.91 Å². The fraction of sp³-hybridized carbons (Fsp3) is 0.400. The second-order valence-electron chi connectivity index (χ2n) is 8.08. The van der Waals surface area contributed by atoms with E-state index < -0.39 is 0 Å².